The van der Waals surface area contributed by atoms with E-state index in [0.29, 0.717) is 5.92 Å². The molecule has 1 aromatic carbocycles. The number of benzene rings is 1. The van der Waals surface area contributed by atoms with Gasteiger partial charge in [0.1, 0.15) is 11.9 Å². The Morgan fingerprint density at radius 2 is 2.20 bits per heavy atom. The summed E-state index contributed by atoms with van der Waals surface area (Å²) in [5.74, 6) is 2.15. The van der Waals surface area contributed by atoms with Crippen LogP contribution in [0.15, 0.2) is 18.2 Å². The number of rotatable bonds is 4. The molecule has 1 nitrogen and oxygen atoms in total. The number of thioether (sulfide) groups is 1. The minimum absolute atomic E-state index is 0.137. The zero-order chi connectivity index (χ0) is 11.3. The first-order chi connectivity index (χ1) is 7.13. The third-order valence-electron chi connectivity index (χ3n) is 1.87. The van der Waals surface area contributed by atoms with Crippen molar-refractivity contribution in [1.82, 2.24) is 0 Å². The molecule has 0 aromatic heterocycles. The largest absolute Gasteiger partial charge is 0.206 e. The van der Waals surface area contributed by atoms with E-state index in [-0.39, 0.29) is 5.56 Å². The van der Waals surface area contributed by atoms with E-state index in [1.165, 1.54) is 6.07 Å². The van der Waals surface area contributed by atoms with Gasteiger partial charge in [-0.2, -0.15) is 17.0 Å². The van der Waals surface area contributed by atoms with Gasteiger partial charge in [0, 0.05) is 5.75 Å². The standard InChI is InChI=1S/C12H14FNS/c1-9(2)7-15-8-10-3-4-12(13)11(5-10)6-14/h3-5,9H,7-8H2,1-2H3. The molecule has 0 saturated carbocycles. The summed E-state index contributed by atoms with van der Waals surface area (Å²) in [4.78, 5) is 0. The van der Waals surface area contributed by atoms with Crippen molar-refractivity contribution < 1.29 is 4.39 Å². The number of hydrogen-bond acceptors (Lipinski definition) is 2. The van der Waals surface area contributed by atoms with Gasteiger partial charge in [0.2, 0.25) is 0 Å². The van der Waals surface area contributed by atoms with E-state index < -0.39 is 5.82 Å². The Kier molecular flexibility index (Phi) is 4.64. The Balaban J connectivity index is 2.60. The first-order valence-electron chi connectivity index (χ1n) is 4.89. The summed E-state index contributed by atoms with van der Waals surface area (Å²) in [7, 11) is 0. The lowest BCUT2D eigenvalue weighted by Crippen LogP contribution is -1.93. The quantitative estimate of drug-likeness (QED) is 0.779. The summed E-state index contributed by atoms with van der Waals surface area (Å²) in [6.07, 6.45) is 0. The van der Waals surface area contributed by atoms with Crippen LogP contribution >= 0.6 is 11.8 Å². The first-order valence-corrected chi connectivity index (χ1v) is 6.05. The van der Waals surface area contributed by atoms with Crippen LogP contribution in [0.1, 0.15) is 25.0 Å². The molecule has 15 heavy (non-hydrogen) atoms. The van der Waals surface area contributed by atoms with Crippen molar-refractivity contribution in [2.75, 3.05) is 5.75 Å². The second-order valence-corrected chi connectivity index (χ2v) is 4.87. The highest BCUT2D eigenvalue weighted by Gasteiger charge is 2.03. The second-order valence-electron chi connectivity index (χ2n) is 3.83. The highest BCUT2D eigenvalue weighted by molar-refractivity contribution is 7.98. The molecule has 1 aromatic rings. The molecule has 0 N–H and O–H groups in total. The smallest absolute Gasteiger partial charge is 0.140 e. The van der Waals surface area contributed by atoms with Crippen LogP contribution in [-0.2, 0) is 5.75 Å². The van der Waals surface area contributed by atoms with Gasteiger partial charge >= 0.3 is 0 Å². The molecule has 3 heteroatoms. The SMILES string of the molecule is CC(C)CSCc1ccc(F)c(C#N)c1. The zero-order valence-electron chi connectivity index (χ0n) is 8.96. The predicted molar refractivity (Wildman–Crippen MR) is 62.1 cm³/mol. The van der Waals surface area contributed by atoms with Crippen LogP contribution < -0.4 is 0 Å². The third kappa shape index (κ3) is 3.93. The Morgan fingerprint density at radius 1 is 1.47 bits per heavy atom. The van der Waals surface area contributed by atoms with Crippen LogP contribution in [0, 0.1) is 23.1 Å². The van der Waals surface area contributed by atoms with Gasteiger partial charge in [0.15, 0.2) is 0 Å². The maximum absolute atomic E-state index is 13.0. The summed E-state index contributed by atoms with van der Waals surface area (Å²) in [6.45, 7) is 4.33. The summed E-state index contributed by atoms with van der Waals surface area (Å²) < 4.78 is 13.0. The molecule has 0 heterocycles. The molecule has 0 atom stereocenters. The lowest BCUT2D eigenvalue weighted by molar-refractivity contribution is 0.623. The van der Waals surface area contributed by atoms with Gasteiger partial charge in [0.25, 0.3) is 0 Å². The molecule has 1 rings (SSSR count). The van der Waals surface area contributed by atoms with Gasteiger partial charge in [-0.25, -0.2) is 4.39 Å². The molecule has 80 valence electrons. The predicted octanol–water partition coefficient (Wildman–Crippen LogP) is 3.59. The second kappa shape index (κ2) is 5.77. The van der Waals surface area contributed by atoms with E-state index in [1.807, 2.05) is 17.8 Å². The normalized spacial score (nSPS) is 10.3. The Bertz CT molecular complexity index is 368. The molecule has 0 saturated heterocycles. The highest BCUT2D eigenvalue weighted by atomic mass is 32.2. The van der Waals surface area contributed by atoms with Crippen LogP contribution in [0.3, 0.4) is 0 Å². The first kappa shape index (κ1) is 12.1. The van der Waals surface area contributed by atoms with Crippen molar-refractivity contribution in [3.8, 4) is 6.07 Å². The van der Waals surface area contributed by atoms with E-state index in [1.54, 1.807) is 12.1 Å². The molecule has 0 bridgehead atoms. The van der Waals surface area contributed by atoms with Gasteiger partial charge < -0.3 is 0 Å². The average Bonchev–Trinajstić information content (AvgIpc) is 2.20. The lowest BCUT2D eigenvalue weighted by Gasteiger charge is -2.05. The van der Waals surface area contributed by atoms with Gasteiger partial charge in [-0.05, 0) is 29.4 Å². The summed E-state index contributed by atoms with van der Waals surface area (Å²) >= 11 is 1.81. The van der Waals surface area contributed by atoms with Gasteiger partial charge in [-0.3, -0.25) is 0 Å². The molecule has 0 aliphatic heterocycles. The van der Waals surface area contributed by atoms with Crippen LogP contribution in [0.4, 0.5) is 4.39 Å². The van der Waals surface area contributed by atoms with Crippen molar-refractivity contribution in [2.45, 2.75) is 19.6 Å². The topological polar surface area (TPSA) is 23.8 Å². The molecule has 0 spiro atoms. The third-order valence-corrected chi connectivity index (χ3v) is 3.31. The summed E-state index contributed by atoms with van der Waals surface area (Å²) in [5.41, 5.74) is 1.15. The maximum Gasteiger partial charge on any atom is 0.140 e. The summed E-state index contributed by atoms with van der Waals surface area (Å²) in [6, 6.07) is 6.58. The fourth-order valence-corrected chi connectivity index (χ4v) is 2.16. The monoisotopic (exact) mass is 223 g/mol. The van der Waals surface area contributed by atoms with Crippen molar-refractivity contribution in [3.63, 3.8) is 0 Å². The Labute approximate surface area is 94.3 Å². The number of hydrogen-bond donors (Lipinski definition) is 0. The van der Waals surface area contributed by atoms with Crippen LogP contribution in [-0.4, -0.2) is 5.75 Å². The van der Waals surface area contributed by atoms with E-state index in [0.717, 1.165) is 17.1 Å². The maximum atomic E-state index is 13.0. The Hall–Kier alpha value is -1.01. The van der Waals surface area contributed by atoms with E-state index in [9.17, 15) is 4.39 Å². The zero-order valence-corrected chi connectivity index (χ0v) is 9.77. The minimum atomic E-state index is -0.435. The van der Waals surface area contributed by atoms with Crippen molar-refractivity contribution in [3.05, 3.63) is 35.1 Å². The average molecular weight is 223 g/mol. The van der Waals surface area contributed by atoms with Crippen LogP contribution in [0.5, 0.6) is 0 Å². The van der Waals surface area contributed by atoms with E-state index in [4.69, 9.17) is 5.26 Å². The van der Waals surface area contributed by atoms with Gasteiger partial charge in [-0.1, -0.05) is 19.9 Å². The molecule has 0 unspecified atom stereocenters. The summed E-state index contributed by atoms with van der Waals surface area (Å²) in [5, 5.41) is 8.66. The fraction of sp³-hybridized carbons (Fsp3) is 0.417. The molecular formula is C12H14FNS. The molecule has 0 amide bonds. The van der Waals surface area contributed by atoms with Gasteiger partial charge in [0.05, 0.1) is 5.56 Å². The van der Waals surface area contributed by atoms with Crippen molar-refractivity contribution in [1.29, 1.82) is 5.26 Å². The number of nitriles is 1. The van der Waals surface area contributed by atoms with E-state index in [2.05, 4.69) is 13.8 Å². The van der Waals surface area contributed by atoms with Crippen LogP contribution in [0.2, 0.25) is 0 Å². The van der Waals surface area contributed by atoms with Crippen molar-refractivity contribution in [2.24, 2.45) is 5.92 Å². The molecule has 0 aliphatic rings. The van der Waals surface area contributed by atoms with Gasteiger partial charge in [-0.15, -0.1) is 0 Å². The van der Waals surface area contributed by atoms with E-state index >= 15 is 0 Å². The molecule has 0 radical (unpaired) electrons. The molecular weight excluding hydrogens is 209 g/mol. The lowest BCUT2D eigenvalue weighted by atomic mass is 10.1. The van der Waals surface area contributed by atoms with Crippen LogP contribution in [0.25, 0.3) is 0 Å². The Morgan fingerprint density at radius 3 is 2.80 bits per heavy atom. The molecule has 0 aliphatic carbocycles. The minimum Gasteiger partial charge on any atom is -0.206 e. The number of nitrogens with zero attached hydrogens (tertiary/aromatic N) is 1. The highest BCUT2D eigenvalue weighted by Crippen LogP contribution is 2.17. The van der Waals surface area contributed by atoms with Crippen molar-refractivity contribution >= 4 is 11.8 Å². The molecule has 0 fully saturated rings. The fourth-order valence-electron chi connectivity index (χ4n) is 1.16. The number of halogens is 1.